The molecule has 1 atom stereocenters. The van der Waals surface area contributed by atoms with E-state index in [1.54, 1.807) is 18.2 Å². The van der Waals surface area contributed by atoms with Gasteiger partial charge in [-0.1, -0.05) is 44.2 Å². The molecule has 0 radical (unpaired) electrons. The molecule has 0 aliphatic carbocycles. The van der Waals surface area contributed by atoms with E-state index in [1.165, 1.54) is 19.2 Å². The second kappa shape index (κ2) is 9.24. The Balaban J connectivity index is 2.44. The van der Waals surface area contributed by atoms with Crippen molar-refractivity contribution in [3.63, 3.8) is 0 Å². The van der Waals surface area contributed by atoms with Crippen molar-refractivity contribution < 1.29 is 27.8 Å². The fourth-order valence-corrected chi connectivity index (χ4v) is 2.98. The van der Waals surface area contributed by atoms with Crippen LogP contribution in [0.4, 0.5) is 13.2 Å². The predicted octanol–water partition coefficient (Wildman–Crippen LogP) is 5.56. The highest BCUT2D eigenvalue weighted by atomic mass is 19.4. The molecule has 0 saturated carbocycles. The quantitative estimate of drug-likeness (QED) is 0.626. The molecule has 152 valence electrons. The molecule has 0 amide bonds. The zero-order valence-corrected chi connectivity index (χ0v) is 16.2. The SMILES string of the molecule is COC(=O)Cc1ccc(C(O)CCC(C)C)c(-c2ccc(C(F)(F)F)cc2)c1. The molecule has 0 fully saturated rings. The molecule has 0 spiro atoms. The van der Waals surface area contributed by atoms with Crippen LogP contribution in [0.3, 0.4) is 0 Å². The Hall–Kier alpha value is -2.34. The van der Waals surface area contributed by atoms with Crippen molar-refractivity contribution >= 4 is 5.97 Å². The van der Waals surface area contributed by atoms with Crippen LogP contribution >= 0.6 is 0 Å². The summed E-state index contributed by atoms with van der Waals surface area (Å²) in [6, 6.07) is 10.0. The number of benzene rings is 2. The first kappa shape index (κ1) is 22.0. The highest BCUT2D eigenvalue weighted by Crippen LogP contribution is 2.35. The topological polar surface area (TPSA) is 46.5 Å². The van der Waals surface area contributed by atoms with Crippen LogP contribution in [0.25, 0.3) is 11.1 Å². The molecule has 0 aliphatic heterocycles. The van der Waals surface area contributed by atoms with E-state index in [9.17, 15) is 23.1 Å². The number of esters is 1. The van der Waals surface area contributed by atoms with E-state index in [1.807, 2.05) is 0 Å². The number of ether oxygens (including phenoxy) is 1. The highest BCUT2D eigenvalue weighted by Gasteiger charge is 2.30. The van der Waals surface area contributed by atoms with Crippen molar-refractivity contribution in [1.29, 1.82) is 0 Å². The lowest BCUT2D eigenvalue weighted by Gasteiger charge is -2.18. The summed E-state index contributed by atoms with van der Waals surface area (Å²) < 4.78 is 43.3. The fraction of sp³-hybridized carbons (Fsp3) is 0.409. The van der Waals surface area contributed by atoms with Crippen LogP contribution in [-0.4, -0.2) is 18.2 Å². The van der Waals surface area contributed by atoms with Gasteiger partial charge in [-0.2, -0.15) is 13.2 Å². The number of halogens is 3. The van der Waals surface area contributed by atoms with Crippen molar-refractivity contribution in [3.8, 4) is 11.1 Å². The number of hydrogen-bond donors (Lipinski definition) is 1. The normalized spacial score (nSPS) is 12.9. The van der Waals surface area contributed by atoms with Gasteiger partial charge in [0.2, 0.25) is 0 Å². The van der Waals surface area contributed by atoms with E-state index in [-0.39, 0.29) is 6.42 Å². The summed E-state index contributed by atoms with van der Waals surface area (Å²) in [6.45, 7) is 4.12. The summed E-state index contributed by atoms with van der Waals surface area (Å²) in [5.41, 5.74) is 1.74. The van der Waals surface area contributed by atoms with Crippen LogP contribution in [0.2, 0.25) is 0 Å². The number of carbonyl (C=O) groups excluding carboxylic acids is 1. The van der Waals surface area contributed by atoms with Gasteiger partial charge >= 0.3 is 12.1 Å². The molecule has 0 aromatic heterocycles. The van der Waals surface area contributed by atoms with Gasteiger partial charge in [0.15, 0.2) is 0 Å². The van der Waals surface area contributed by atoms with Crippen LogP contribution in [0.1, 0.15) is 49.5 Å². The third-order valence-electron chi connectivity index (χ3n) is 4.59. The van der Waals surface area contributed by atoms with E-state index < -0.39 is 23.8 Å². The predicted molar refractivity (Wildman–Crippen MR) is 102 cm³/mol. The lowest BCUT2D eigenvalue weighted by molar-refractivity contribution is -0.140. The summed E-state index contributed by atoms with van der Waals surface area (Å²) in [5, 5.41) is 10.6. The number of aliphatic hydroxyl groups excluding tert-OH is 1. The number of rotatable bonds is 7. The Bertz CT molecular complexity index is 796. The Morgan fingerprint density at radius 2 is 1.71 bits per heavy atom. The summed E-state index contributed by atoms with van der Waals surface area (Å²) in [4.78, 5) is 11.6. The van der Waals surface area contributed by atoms with Crippen LogP contribution < -0.4 is 0 Å². The molecule has 0 aliphatic rings. The lowest BCUT2D eigenvalue weighted by atomic mass is 9.90. The number of alkyl halides is 3. The minimum atomic E-state index is -4.41. The maximum absolute atomic E-state index is 12.9. The number of hydrogen-bond acceptors (Lipinski definition) is 3. The highest BCUT2D eigenvalue weighted by molar-refractivity contribution is 5.75. The van der Waals surface area contributed by atoms with Crippen molar-refractivity contribution in [2.75, 3.05) is 7.11 Å². The molecule has 0 bridgehead atoms. The molecule has 1 N–H and O–H groups in total. The minimum Gasteiger partial charge on any atom is -0.469 e. The van der Waals surface area contributed by atoms with Crippen LogP contribution in [0.15, 0.2) is 42.5 Å². The number of methoxy groups -OCH3 is 1. The number of aliphatic hydroxyl groups is 1. The maximum Gasteiger partial charge on any atom is 0.416 e. The van der Waals surface area contributed by atoms with Crippen molar-refractivity contribution in [2.45, 2.75) is 45.4 Å². The van der Waals surface area contributed by atoms with Gasteiger partial charge < -0.3 is 9.84 Å². The largest absolute Gasteiger partial charge is 0.469 e. The molecule has 2 aromatic carbocycles. The van der Waals surface area contributed by atoms with Crippen LogP contribution in [-0.2, 0) is 22.1 Å². The smallest absolute Gasteiger partial charge is 0.416 e. The standard InChI is InChI=1S/C22H25F3O3/c1-14(2)4-11-20(26)18-10-5-15(13-21(27)28-3)12-19(18)16-6-8-17(9-7-16)22(23,24)25/h5-10,12,14,20,26H,4,11,13H2,1-3H3. The molecule has 6 heteroatoms. The molecule has 0 saturated heterocycles. The van der Waals surface area contributed by atoms with Gasteiger partial charge in [0.1, 0.15) is 0 Å². The molecule has 0 heterocycles. The third-order valence-corrected chi connectivity index (χ3v) is 4.59. The second-order valence-electron chi connectivity index (χ2n) is 7.24. The average Bonchev–Trinajstić information content (AvgIpc) is 2.65. The first-order chi connectivity index (χ1) is 13.1. The lowest BCUT2D eigenvalue weighted by Crippen LogP contribution is -2.07. The zero-order chi connectivity index (χ0) is 20.9. The van der Waals surface area contributed by atoms with Gasteiger partial charge in [0, 0.05) is 0 Å². The zero-order valence-electron chi connectivity index (χ0n) is 16.2. The van der Waals surface area contributed by atoms with Gasteiger partial charge in [-0.15, -0.1) is 0 Å². The van der Waals surface area contributed by atoms with Crippen LogP contribution in [0.5, 0.6) is 0 Å². The Labute approximate surface area is 163 Å². The van der Waals surface area contributed by atoms with E-state index in [4.69, 9.17) is 0 Å². The third kappa shape index (κ3) is 5.83. The van der Waals surface area contributed by atoms with Crippen molar-refractivity contribution in [1.82, 2.24) is 0 Å². The first-order valence-corrected chi connectivity index (χ1v) is 9.17. The molecule has 1 unspecified atom stereocenters. The average molecular weight is 394 g/mol. The summed E-state index contributed by atoms with van der Waals surface area (Å²) in [6.07, 6.45) is -3.75. The molecular formula is C22H25F3O3. The monoisotopic (exact) mass is 394 g/mol. The van der Waals surface area contributed by atoms with Crippen molar-refractivity contribution in [3.05, 3.63) is 59.2 Å². The Kier molecular flexibility index (Phi) is 7.24. The van der Waals surface area contributed by atoms with Gasteiger partial charge in [-0.05, 0) is 53.1 Å². The Morgan fingerprint density at radius 3 is 2.25 bits per heavy atom. The van der Waals surface area contributed by atoms with Gasteiger partial charge in [0.25, 0.3) is 0 Å². The summed E-state index contributed by atoms with van der Waals surface area (Å²) >= 11 is 0. The fourth-order valence-electron chi connectivity index (χ4n) is 2.98. The number of carbonyl (C=O) groups is 1. The van der Waals surface area contributed by atoms with Gasteiger partial charge in [-0.3, -0.25) is 4.79 Å². The van der Waals surface area contributed by atoms with Crippen LogP contribution in [0, 0.1) is 5.92 Å². The first-order valence-electron chi connectivity index (χ1n) is 9.17. The maximum atomic E-state index is 12.9. The molecule has 2 aromatic rings. The van der Waals surface area contributed by atoms with E-state index in [0.29, 0.717) is 34.6 Å². The molecule has 3 nitrogen and oxygen atoms in total. The summed E-state index contributed by atoms with van der Waals surface area (Å²) in [7, 11) is 1.29. The molecule has 28 heavy (non-hydrogen) atoms. The van der Waals surface area contributed by atoms with Gasteiger partial charge in [0.05, 0.1) is 25.2 Å². The van der Waals surface area contributed by atoms with E-state index in [0.717, 1.165) is 18.6 Å². The molecular weight excluding hydrogens is 369 g/mol. The second-order valence-corrected chi connectivity index (χ2v) is 7.24. The van der Waals surface area contributed by atoms with E-state index >= 15 is 0 Å². The Morgan fingerprint density at radius 1 is 1.07 bits per heavy atom. The molecule has 2 rings (SSSR count). The van der Waals surface area contributed by atoms with E-state index in [2.05, 4.69) is 18.6 Å². The summed E-state index contributed by atoms with van der Waals surface area (Å²) in [5.74, 6) is 0.00856. The minimum absolute atomic E-state index is 0.0481. The van der Waals surface area contributed by atoms with Gasteiger partial charge in [-0.25, -0.2) is 0 Å². The van der Waals surface area contributed by atoms with Crippen molar-refractivity contribution in [2.24, 2.45) is 5.92 Å².